The molecule has 1 heterocycles. The van der Waals surface area contributed by atoms with Gasteiger partial charge in [-0.1, -0.05) is 6.58 Å². The number of hydrogen-bond acceptors (Lipinski definition) is 6. The van der Waals surface area contributed by atoms with Gasteiger partial charge >= 0.3 is 5.97 Å². The van der Waals surface area contributed by atoms with Crippen LogP contribution in [0.25, 0.3) is 0 Å². The fourth-order valence-electron chi connectivity index (χ4n) is 1.32. The van der Waals surface area contributed by atoms with Crippen LogP contribution in [0.4, 0.5) is 0 Å². The maximum Gasteiger partial charge on any atom is 0.352 e. The highest BCUT2D eigenvalue weighted by atomic mass is 16.7. The van der Waals surface area contributed by atoms with Gasteiger partial charge in [0, 0.05) is 31.8 Å². The number of nitrogens with one attached hydrogen (secondary N) is 1. The second-order valence-corrected chi connectivity index (χ2v) is 4.27. The van der Waals surface area contributed by atoms with E-state index in [-0.39, 0.29) is 30.4 Å². The van der Waals surface area contributed by atoms with Crippen molar-refractivity contribution in [3.8, 4) is 0 Å². The Morgan fingerprint density at radius 3 is 2.06 bits per heavy atom. The fourth-order valence-corrected chi connectivity index (χ4v) is 1.32. The first kappa shape index (κ1) is 14.5. The quantitative estimate of drug-likeness (QED) is 0.545. The average Bonchev–Trinajstić information content (AvgIpc) is 2.29. The van der Waals surface area contributed by atoms with Crippen molar-refractivity contribution in [3.63, 3.8) is 0 Å². The van der Waals surface area contributed by atoms with Crippen LogP contribution in [0, 0.1) is 0 Å². The molecule has 1 saturated heterocycles. The monoisotopic (exact) mass is 254 g/mol. The van der Waals surface area contributed by atoms with Crippen LogP contribution >= 0.6 is 0 Å². The number of carbonyl (C=O) groups is 3. The first-order valence-corrected chi connectivity index (χ1v) is 5.86. The Hall–Kier alpha value is -1.53. The van der Waals surface area contributed by atoms with Crippen LogP contribution in [-0.4, -0.2) is 48.8 Å². The highest BCUT2D eigenvalue weighted by Gasteiger charge is 2.21. The summed E-state index contributed by atoms with van der Waals surface area (Å²) in [6, 6.07) is 0. The van der Waals surface area contributed by atoms with Crippen molar-refractivity contribution in [3.05, 3.63) is 12.2 Å². The third kappa shape index (κ3) is 5.20. The zero-order chi connectivity index (χ0) is 13.5. The van der Waals surface area contributed by atoms with Crippen molar-refractivity contribution >= 4 is 17.5 Å². The van der Waals surface area contributed by atoms with Crippen molar-refractivity contribution in [1.29, 1.82) is 0 Å². The molecule has 100 valence electrons. The van der Waals surface area contributed by atoms with E-state index in [0.29, 0.717) is 5.57 Å². The van der Waals surface area contributed by atoms with Gasteiger partial charge in [0.25, 0.3) is 0 Å². The van der Waals surface area contributed by atoms with E-state index in [2.05, 4.69) is 11.9 Å². The van der Waals surface area contributed by atoms with Crippen LogP contribution < -0.4 is 5.32 Å². The SMILES string of the molecule is C=C(C)C(=O)ON1CCNCC1.O=C1CC(=O)C1. The van der Waals surface area contributed by atoms with E-state index in [4.69, 9.17) is 4.84 Å². The summed E-state index contributed by atoms with van der Waals surface area (Å²) in [5, 5.41) is 4.82. The standard InChI is InChI=1S/C8H14N2O2.C4H4O2/c1-7(2)8(11)12-10-5-3-9-4-6-10;5-3-1-4(6)2-3/h9H,1,3-6H2,2H3;1-2H2. The lowest BCUT2D eigenvalue weighted by atomic mass is 9.97. The second-order valence-electron chi connectivity index (χ2n) is 4.27. The molecule has 0 aromatic carbocycles. The van der Waals surface area contributed by atoms with E-state index in [0.717, 1.165) is 26.2 Å². The van der Waals surface area contributed by atoms with Crippen molar-refractivity contribution < 1.29 is 19.2 Å². The molecule has 0 unspecified atom stereocenters. The van der Waals surface area contributed by atoms with Crippen LogP contribution in [0.5, 0.6) is 0 Å². The van der Waals surface area contributed by atoms with Gasteiger partial charge in [-0.3, -0.25) is 9.59 Å². The van der Waals surface area contributed by atoms with Crippen molar-refractivity contribution in [2.75, 3.05) is 26.2 Å². The molecule has 0 bridgehead atoms. The zero-order valence-electron chi connectivity index (χ0n) is 10.5. The normalized spacial score (nSPS) is 19.4. The lowest BCUT2D eigenvalue weighted by Gasteiger charge is -2.25. The third-order valence-corrected chi connectivity index (χ3v) is 2.43. The Morgan fingerprint density at radius 1 is 1.22 bits per heavy atom. The number of nitrogens with zero attached hydrogens (tertiary/aromatic N) is 1. The Kier molecular flexibility index (Phi) is 5.67. The molecular formula is C12H18N2O4. The third-order valence-electron chi connectivity index (χ3n) is 2.43. The zero-order valence-corrected chi connectivity index (χ0v) is 10.5. The predicted molar refractivity (Wildman–Crippen MR) is 64.6 cm³/mol. The van der Waals surface area contributed by atoms with Gasteiger partial charge in [0.15, 0.2) is 0 Å². The molecule has 1 aliphatic heterocycles. The number of hydrogen-bond donors (Lipinski definition) is 1. The Labute approximate surface area is 106 Å². The summed E-state index contributed by atoms with van der Waals surface area (Å²) < 4.78 is 0. The van der Waals surface area contributed by atoms with Crippen LogP contribution in [0.1, 0.15) is 19.8 Å². The van der Waals surface area contributed by atoms with Gasteiger partial charge in [-0.05, 0) is 6.92 Å². The summed E-state index contributed by atoms with van der Waals surface area (Å²) in [6.07, 6.45) is 0.389. The number of hydroxylamine groups is 2. The first-order valence-electron chi connectivity index (χ1n) is 5.86. The highest BCUT2D eigenvalue weighted by Crippen LogP contribution is 2.05. The molecule has 2 rings (SSSR count). The fraction of sp³-hybridized carbons (Fsp3) is 0.583. The summed E-state index contributed by atoms with van der Waals surface area (Å²) >= 11 is 0. The minimum atomic E-state index is -0.336. The second kappa shape index (κ2) is 7.03. The van der Waals surface area contributed by atoms with Gasteiger partial charge in [0.1, 0.15) is 11.6 Å². The van der Waals surface area contributed by atoms with Crippen LogP contribution in [0.2, 0.25) is 0 Å². The van der Waals surface area contributed by atoms with Crippen molar-refractivity contribution in [2.24, 2.45) is 0 Å². The van der Waals surface area contributed by atoms with Crippen molar-refractivity contribution in [1.82, 2.24) is 10.4 Å². The summed E-state index contributed by atoms with van der Waals surface area (Å²) in [5.41, 5.74) is 0.438. The largest absolute Gasteiger partial charge is 0.364 e. The van der Waals surface area contributed by atoms with Gasteiger partial charge in [0.05, 0.1) is 12.8 Å². The van der Waals surface area contributed by atoms with E-state index in [9.17, 15) is 14.4 Å². The van der Waals surface area contributed by atoms with Gasteiger partial charge in [-0.25, -0.2) is 4.79 Å². The molecule has 0 spiro atoms. The summed E-state index contributed by atoms with van der Waals surface area (Å²) in [4.78, 5) is 35.8. The van der Waals surface area contributed by atoms with E-state index < -0.39 is 0 Å². The maximum absolute atomic E-state index is 11.0. The predicted octanol–water partition coefficient (Wildman–Crippen LogP) is -0.156. The molecule has 2 fully saturated rings. The van der Waals surface area contributed by atoms with Gasteiger partial charge in [-0.15, -0.1) is 5.06 Å². The Bertz CT molecular complexity index is 337. The molecule has 6 nitrogen and oxygen atoms in total. The molecule has 1 saturated carbocycles. The molecule has 0 aromatic rings. The average molecular weight is 254 g/mol. The Balaban J connectivity index is 0.000000225. The van der Waals surface area contributed by atoms with Crippen LogP contribution in [0.3, 0.4) is 0 Å². The minimum absolute atomic E-state index is 0.0833. The molecule has 18 heavy (non-hydrogen) atoms. The number of carbonyl (C=O) groups excluding carboxylic acids is 3. The molecule has 0 amide bonds. The summed E-state index contributed by atoms with van der Waals surface area (Å²) in [6.45, 7) is 8.37. The molecule has 1 aliphatic carbocycles. The summed E-state index contributed by atoms with van der Waals surface area (Å²) in [5.74, 6) is -0.170. The first-order chi connectivity index (χ1) is 8.49. The van der Waals surface area contributed by atoms with Crippen LogP contribution in [-0.2, 0) is 19.2 Å². The minimum Gasteiger partial charge on any atom is -0.364 e. The number of Topliss-reactive ketones (excluding diaryl/α,β-unsaturated/α-hetero) is 2. The van der Waals surface area contributed by atoms with Crippen LogP contribution in [0.15, 0.2) is 12.2 Å². The molecule has 0 aromatic heterocycles. The maximum atomic E-state index is 11.0. The summed E-state index contributed by atoms with van der Waals surface area (Å²) in [7, 11) is 0. The highest BCUT2D eigenvalue weighted by molar-refractivity contribution is 6.18. The number of rotatable bonds is 2. The van der Waals surface area contributed by atoms with E-state index in [1.807, 2.05) is 0 Å². The molecular weight excluding hydrogens is 236 g/mol. The smallest absolute Gasteiger partial charge is 0.352 e. The van der Waals surface area contributed by atoms with E-state index in [1.165, 1.54) is 0 Å². The Morgan fingerprint density at radius 2 is 1.72 bits per heavy atom. The molecule has 6 heteroatoms. The van der Waals surface area contributed by atoms with E-state index in [1.54, 1.807) is 12.0 Å². The van der Waals surface area contributed by atoms with Gasteiger partial charge in [0.2, 0.25) is 0 Å². The van der Waals surface area contributed by atoms with Crippen molar-refractivity contribution in [2.45, 2.75) is 19.8 Å². The molecule has 1 N–H and O–H groups in total. The lowest BCUT2D eigenvalue weighted by molar-refractivity contribution is -0.187. The molecule has 0 radical (unpaired) electrons. The topological polar surface area (TPSA) is 75.7 Å². The number of piperazine rings is 1. The van der Waals surface area contributed by atoms with Gasteiger partial charge < -0.3 is 10.2 Å². The van der Waals surface area contributed by atoms with E-state index >= 15 is 0 Å². The number of ketones is 2. The molecule has 2 aliphatic rings. The van der Waals surface area contributed by atoms with Gasteiger partial charge in [-0.2, -0.15) is 0 Å². The lowest BCUT2D eigenvalue weighted by Crippen LogP contribution is -2.44. The molecule has 0 atom stereocenters.